The molecule has 3 aromatic rings. The van der Waals surface area contributed by atoms with Crippen molar-refractivity contribution in [1.29, 1.82) is 0 Å². The number of aromatic nitrogens is 3. The van der Waals surface area contributed by atoms with E-state index >= 15 is 0 Å². The molecule has 3 N–H and O–H groups in total. The summed E-state index contributed by atoms with van der Waals surface area (Å²) in [6, 6.07) is 9.70. The summed E-state index contributed by atoms with van der Waals surface area (Å²) >= 11 is 0. The molecule has 1 unspecified atom stereocenters. The maximum atomic E-state index is 12.9. The highest BCUT2D eigenvalue weighted by Crippen LogP contribution is 2.27. The predicted molar refractivity (Wildman–Crippen MR) is 112 cm³/mol. The van der Waals surface area contributed by atoms with Crippen molar-refractivity contribution in [2.75, 3.05) is 36.1 Å². The van der Waals surface area contributed by atoms with E-state index in [1.807, 2.05) is 49.2 Å². The molecule has 0 saturated carbocycles. The van der Waals surface area contributed by atoms with E-state index in [0.29, 0.717) is 24.5 Å². The van der Waals surface area contributed by atoms with Gasteiger partial charge in [0.15, 0.2) is 11.5 Å². The zero-order valence-corrected chi connectivity index (χ0v) is 16.3. The first-order valence-electron chi connectivity index (χ1n) is 9.34. The second-order valence-electron chi connectivity index (χ2n) is 6.90. The molecule has 0 aliphatic carbocycles. The zero-order valence-electron chi connectivity index (χ0n) is 16.3. The first-order chi connectivity index (χ1) is 14.0. The molecule has 8 nitrogen and oxygen atoms in total. The van der Waals surface area contributed by atoms with Gasteiger partial charge >= 0.3 is 0 Å². The first kappa shape index (κ1) is 18.8. The van der Waals surface area contributed by atoms with Crippen molar-refractivity contribution in [3.05, 3.63) is 60.2 Å². The molecule has 1 aliphatic heterocycles. The number of fused-ring (bicyclic) bond motifs is 6. The Hall–Kier alpha value is -3.52. The lowest BCUT2D eigenvalue weighted by atomic mass is 10.0. The summed E-state index contributed by atoms with van der Waals surface area (Å²) in [6.07, 6.45) is 4.75. The summed E-state index contributed by atoms with van der Waals surface area (Å²) in [5.74, 6) is -0.364. The SMILES string of the molecule is CC1OCCN(C)c2ccncc2NC(=O)c2nc(cnc2N)-c2cccc1c2. The van der Waals surface area contributed by atoms with E-state index in [4.69, 9.17) is 10.5 Å². The lowest BCUT2D eigenvalue weighted by Gasteiger charge is -2.23. The number of anilines is 3. The number of nitrogens with two attached hydrogens (primary N) is 1. The minimum Gasteiger partial charge on any atom is -0.382 e. The quantitative estimate of drug-likeness (QED) is 0.608. The van der Waals surface area contributed by atoms with Gasteiger partial charge in [0, 0.05) is 25.4 Å². The Kier molecular flexibility index (Phi) is 5.09. The second-order valence-corrected chi connectivity index (χ2v) is 6.90. The predicted octanol–water partition coefficient (Wildman–Crippen LogP) is 2.90. The number of carbonyl (C=O) groups excluding carboxylic acids is 1. The van der Waals surface area contributed by atoms with Crippen LogP contribution in [0.15, 0.2) is 48.9 Å². The highest BCUT2D eigenvalue weighted by Gasteiger charge is 2.19. The lowest BCUT2D eigenvalue weighted by Crippen LogP contribution is -2.25. The smallest absolute Gasteiger partial charge is 0.278 e. The number of rotatable bonds is 0. The topological polar surface area (TPSA) is 106 Å². The third-order valence-corrected chi connectivity index (χ3v) is 4.92. The minimum atomic E-state index is -0.435. The van der Waals surface area contributed by atoms with E-state index in [9.17, 15) is 4.79 Å². The largest absolute Gasteiger partial charge is 0.382 e. The van der Waals surface area contributed by atoms with E-state index < -0.39 is 5.91 Å². The molecule has 0 radical (unpaired) electrons. The van der Waals surface area contributed by atoms with E-state index in [2.05, 4.69) is 20.3 Å². The van der Waals surface area contributed by atoms with E-state index in [0.717, 1.165) is 16.8 Å². The molecular weight excluding hydrogens is 368 g/mol. The number of nitrogens with zero attached hydrogens (tertiary/aromatic N) is 4. The molecule has 0 spiro atoms. The summed E-state index contributed by atoms with van der Waals surface area (Å²) in [4.78, 5) is 27.7. The number of benzene rings is 1. The third kappa shape index (κ3) is 3.88. The Labute approximate surface area is 168 Å². The van der Waals surface area contributed by atoms with Gasteiger partial charge in [-0.1, -0.05) is 18.2 Å². The van der Waals surface area contributed by atoms with Crippen LogP contribution in [0.3, 0.4) is 0 Å². The molecule has 1 aromatic carbocycles. The third-order valence-electron chi connectivity index (χ3n) is 4.92. The molecule has 1 amide bonds. The fraction of sp³-hybridized carbons (Fsp3) is 0.238. The van der Waals surface area contributed by atoms with E-state index in [1.54, 1.807) is 18.6 Å². The molecule has 0 saturated heterocycles. The van der Waals surface area contributed by atoms with Gasteiger partial charge in [0.25, 0.3) is 5.91 Å². The van der Waals surface area contributed by atoms with Gasteiger partial charge in [-0.15, -0.1) is 0 Å². The highest BCUT2D eigenvalue weighted by atomic mass is 16.5. The van der Waals surface area contributed by atoms with Crippen molar-refractivity contribution in [3.63, 3.8) is 0 Å². The molecule has 1 atom stereocenters. The Balaban J connectivity index is 1.82. The summed E-state index contributed by atoms with van der Waals surface area (Å²) in [6.45, 7) is 3.19. The molecule has 1 aliphatic rings. The molecule has 4 bridgehead atoms. The van der Waals surface area contributed by atoms with Gasteiger partial charge in [-0.25, -0.2) is 9.97 Å². The Morgan fingerprint density at radius 1 is 1.28 bits per heavy atom. The first-order valence-corrected chi connectivity index (χ1v) is 9.34. The number of ether oxygens (including phenoxy) is 1. The van der Waals surface area contributed by atoms with Crippen LogP contribution in [0.1, 0.15) is 29.1 Å². The number of likely N-dealkylation sites (N-methyl/N-ethyl adjacent to an activating group) is 1. The molecule has 3 heterocycles. The monoisotopic (exact) mass is 390 g/mol. The number of carbonyl (C=O) groups is 1. The van der Waals surface area contributed by atoms with Crippen LogP contribution in [0, 0.1) is 0 Å². The molecule has 29 heavy (non-hydrogen) atoms. The van der Waals surface area contributed by atoms with Gasteiger partial charge in [0.2, 0.25) is 0 Å². The van der Waals surface area contributed by atoms with Crippen molar-refractivity contribution in [3.8, 4) is 11.3 Å². The van der Waals surface area contributed by atoms with Crippen molar-refractivity contribution in [1.82, 2.24) is 15.0 Å². The zero-order chi connectivity index (χ0) is 20.4. The molecule has 0 fully saturated rings. The van der Waals surface area contributed by atoms with Gasteiger partial charge < -0.3 is 20.7 Å². The van der Waals surface area contributed by atoms with Crippen LogP contribution in [-0.2, 0) is 4.74 Å². The van der Waals surface area contributed by atoms with Crippen LogP contribution < -0.4 is 16.0 Å². The number of nitrogen functional groups attached to an aromatic ring is 1. The van der Waals surface area contributed by atoms with E-state index in [1.165, 1.54) is 0 Å². The van der Waals surface area contributed by atoms with Crippen molar-refractivity contribution in [2.45, 2.75) is 13.0 Å². The van der Waals surface area contributed by atoms with Crippen LogP contribution in [-0.4, -0.2) is 41.1 Å². The summed E-state index contributed by atoms with van der Waals surface area (Å²) in [5.41, 5.74) is 9.84. The Morgan fingerprint density at radius 2 is 2.14 bits per heavy atom. The Morgan fingerprint density at radius 3 is 3.00 bits per heavy atom. The van der Waals surface area contributed by atoms with Crippen molar-refractivity contribution < 1.29 is 9.53 Å². The second kappa shape index (κ2) is 7.84. The van der Waals surface area contributed by atoms with Gasteiger partial charge in [0.1, 0.15) is 0 Å². The van der Waals surface area contributed by atoms with E-state index in [-0.39, 0.29) is 17.6 Å². The van der Waals surface area contributed by atoms with Gasteiger partial charge in [-0.3, -0.25) is 9.78 Å². The maximum Gasteiger partial charge on any atom is 0.278 e. The average molecular weight is 390 g/mol. The normalized spacial score (nSPS) is 17.0. The highest BCUT2D eigenvalue weighted by molar-refractivity contribution is 6.07. The van der Waals surface area contributed by atoms with Gasteiger partial charge in [-0.05, 0) is 24.6 Å². The standard InChI is InChI=1S/C21H22N6O2/c1-13-14-4-3-5-15(10-14)16-12-24-20(22)19(25-16)21(28)26-17-11-23-7-6-18(17)27(2)8-9-29-13/h3-7,10-13H,8-9H2,1-2H3,(H2,22,24)(H,26,28). The number of hydrogen-bond donors (Lipinski definition) is 2. The van der Waals surface area contributed by atoms with Crippen molar-refractivity contribution >= 4 is 23.1 Å². The number of pyridine rings is 1. The molecule has 2 aromatic heterocycles. The van der Waals surface area contributed by atoms with Crippen LogP contribution in [0.25, 0.3) is 11.3 Å². The maximum absolute atomic E-state index is 12.9. The lowest BCUT2D eigenvalue weighted by molar-refractivity contribution is 0.0713. The average Bonchev–Trinajstić information content (AvgIpc) is 2.73. The molecule has 148 valence electrons. The summed E-state index contributed by atoms with van der Waals surface area (Å²) in [7, 11) is 1.94. The number of hydrogen-bond acceptors (Lipinski definition) is 7. The number of nitrogens with one attached hydrogen (secondary N) is 1. The van der Waals surface area contributed by atoms with Crippen molar-refractivity contribution in [2.24, 2.45) is 0 Å². The van der Waals surface area contributed by atoms with Crippen LogP contribution in [0.2, 0.25) is 0 Å². The summed E-state index contributed by atoms with van der Waals surface area (Å²) in [5, 5.41) is 2.86. The van der Waals surface area contributed by atoms with Crippen LogP contribution >= 0.6 is 0 Å². The minimum absolute atomic E-state index is 0.0715. The fourth-order valence-electron chi connectivity index (χ4n) is 3.24. The van der Waals surface area contributed by atoms with Crippen LogP contribution in [0.4, 0.5) is 17.2 Å². The van der Waals surface area contributed by atoms with Crippen LogP contribution in [0.5, 0.6) is 0 Å². The van der Waals surface area contributed by atoms with Gasteiger partial charge in [0.05, 0.1) is 42.2 Å². The Bertz CT molecular complexity index is 1050. The molecule has 4 rings (SSSR count). The molecular formula is C21H22N6O2. The number of amides is 1. The summed E-state index contributed by atoms with van der Waals surface area (Å²) < 4.78 is 6.04. The fourth-order valence-corrected chi connectivity index (χ4v) is 3.24. The molecule has 8 heteroatoms. The van der Waals surface area contributed by atoms with Gasteiger partial charge in [-0.2, -0.15) is 0 Å².